The summed E-state index contributed by atoms with van der Waals surface area (Å²) in [5.41, 5.74) is 4.32. The monoisotopic (exact) mass is 222 g/mol. The Morgan fingerprint density at radius 2 is 2.33 bits per heavy atom. The third-order valence-electron chi connectivity index (χ3n) is 2.72. The molecule has 0 aromatic carbocycles. The number of rotatable bonds is 1. The molecule has 0 amide bonds. The van der Waals surface area contributed by atoms with Crippen molar-refractivity contribution < 1.29 is 0 Å². The molecule has 6 heteroatoms. The summed E-state index contributed by atoms with van der Waals surface area (Å²) in [5, 5.41) is 0. The first-order valence-electron chi connectivity index (χ1n) is 4.81. The van der Waals surface area contributed by atoms with Crippen LogP contribution in [0.4, 0.5) is 5.82 Å². The van der Waals surface area contributed by atoms with Crippen LogP contribution in [-0.4, -0.2) is 9.97 Å². The van der Waals surface area contributed by atoms with E-state index >= 15 is 0 Å². The molecule has 4 N–H and O–H groups in total. The van der Waals surface area contributed by atoms with Crippen molar-refractivity contribution in [3.05, 3.63) is 20.9 Å². The molecular weight excluding hydrogens is 212 g/mol. The smallest absolute Gasteiger partial charge is 0.307 e. The number of nitrogens with two attached hydrogens (primary N) is 1. The van der Waals surface area contributed by atoms with Crippen molar-refractivity contribution in [2.45, 2.75) is 19.3 Å². The van der Waals surface area contributed by atoms with E-state index in [1.54, 1.807) is 11.3 Å². The number of hydrogen-bond donors (Lipinski definition) is 3. The van der Waals surface area contributed by atoms with Crippen LogP contribution in [0, 0.1) is 0 Å². The van der Waals surface area contributed by atoms with Crippen molar-refractivity contribution >= 4 is 27.4 Å². The maximum Gasteiger partial charge on any atom is 0.347 e. The van der Waals surface area contributed by atoms with Crippen LogP contribution in [0.1, 0.15) is 16.9 Å². The first-order valence-corrected chi connectivity index (χ1v) is 5.62. The zero-order valence-electron chi connectivity index (χ0n) is 7.96. The van der Waals surface area contributed by atoms with Crippen LogP contribution in [-0.2, 0) is 12.8 Å². The third kappa shape index (κ3) is 1.18. The maximum absolute atomic E-state index is 11.3. The molecule has 0 bridgehead atoms. The zero-order chi connectivity index (χ0) is 10.4. The summed E-state index contributed by atoms with van der Waals surface area (Å²) in [7, 11) is 0. The summed E-state index contributed by atoms with van der Waals surface area (Å²) in [6, 6.07) is 0. The van der Waals surface area contributed by atoms with Crippen LogP contribution >= 0.6 is 11.3 Å². The van der Waals surface area contributed by atoms with Gasteiger partial charge in [0.15, 0.2) is 5.82 Å². The SMILES string of the molecule is NNc1nc(=O)[nH]c2c3c(sc12)CCC3. The van der Waals surface area contributed by atoms with Crippen molar-refractivity contribution in [1.82, 2.24) is 9.97 Å². The Balaban J connectivity index is 2.43. The Labute approximate surface area is 89.3 Å². The second kappa shape index (κ2) is 3.04. The molecule has 0 radical (unpaired) electrons. The number of nitrogens with zero attached hydrogens (tertiary/aromatic N) is 1. The van der Waals surface area contributed by atoms with Crippen LogP contribution in [0.15, 0.2) is 4.79 Å². The van der Waals surface area contributed by atoms with Gasteiger partial charge in [0.25, 0.3) is 0 Å². The summed E-state index contributed by atoms with van der Waals surface area (Å²) in [5.74, 6) is 5.82. The van der Waals surface area contributed by atoms with E-state index in [2.05, 4.69) is 15.4 Å². The lowest BCUT2D eigenvalue weighted by molar-refractivity contribution is 0.915. The standard InChI is InChI=1S/C9H10N4OS/c10-13-8-7-6(11-9(14)12-8)4-2-1-3-5(4)15-7/h1-3,10H2,(H2,11,12,13,14). The molecule has 5 nitrogen and oxygen atoms in total. The molecule has 78 valence electrons. The van der Waals surface area contributed by atoms with Gasteiger partial charge < -0.3 is 10.4 Å². The second-order valence-electron chi connectivity index (χ2n) is 3.60. The number of aromatic nitrogens is 2. The number of nitrogens with one attached hydrogen (secondary N) is 2. The summed E-state index contributed by atoms with van der Waals surface area (Å²) >= 11 is 1.67. The van der Waals surface area contributed by atoms with Crippen LogP contribution in [0.25, 0.3) is 10.2 Å². The molecule has 0 saturated heterocycles. The van der Waals surface area contributed by atoms with Gasteiger partial charge in [0.2, 0.25) is 0 Å². The van der Waals surface area contributed by atoms with E-state index in [1.165, 1.54) is 16.9 Å². The van der Waals surface area contributed by atoms with Crippen LogP contribution in [0.5, 0.6) is 0 Å². The summed E-state index contributed by atoms with van der Waals surface area (Å²) < 4.78 is 0.960. The van der Waals surface area contributed by atoms with E-state index in [9.17, 15) is 4.79 Å². The minimum absolute atomic E-state index is 0.344. The highest BCUT2D eigenvalue weighted by Gasteiger charge is 2.20. The van der Waals surface area contributed by atoms with Gasteiger partial charge in [-0.3, -0.25) is 0 Å². The molecule has 3 rings (SSSR count). The summed E-state index contributed by atoms with van der Waals surface area (Å²) in [4.78, 5) is 19.2. The maximum atomic E-state index is 11.3. The Bertz CT molecular complexity index is 586. The number of thiophene rings is 1. The van der Waals surface area contributed by atoms with Gasteiger partial charge in [0.1, 0.15) is 0 Å². The average Bonchev–Trinajstić information content (AvgIpc) is 2.77. The van der Waals surface area contributed by atoms with Gasteiger partial charge in [-0.15, -0.1) is 11.3 Å². The van der Waals surface area contributed by atoms with Crippen molar-refractivity contribution in [3.8, 4) is 0 Å². The van der Waals surface area contributed by atoms with E-state index in [0.717, 1.165) is 23.1 Å². The van der Waals surface area contributed by atoms with Gasteiger partial charge in [0.05, 0.1) is 10.2 Å². The zero-order valence-corrected chi connectivity index (χ0v) is 8.78. The molecule has 1 aliphatic carbocycles. The fourth-order valence-corrected chi connectivity index (χ4v) is 3.39. The Hall–Kier alpha value is -1.40. The topological polar surface area (TPSA) is 83.8 Å². The van der Waals surface area contributed by atoms with Crippen LogP contribution in [0.2, 0.25) is 0 Å². The lowest BCUT2D eigenvalue weighted by Gasteiger charge is -1.99. The van der Waals surface area contributed by atoms with E-state index in [1.807, 2.05) is 0 Å². The van der Waals surface area contributed by atoms with E-state index in [0.29, 0.717) is 5.82 Å². The second-order valence-corrected chi connectivity index (χ2v) is 4.70. The number of anilines is 1. The minimum atomic E-state index is -0.344. The third-order valence-corrected chi connectivity index (χ3v) is 4.02. The molecule has 0 aliphatic heterocycles. The highest BCUT2D eigenvalue weighted by molar-refractivity contribution is 7.19. The van der Waals surface area contributed by atoms with Crippen molar-refractivity contribution in [2.75, 3.05) is 5.43 Å². The van der Waals surface area contributed by atoms with Gasteiger partial charge in [-0.25, -0.2) is 10.6 Å². The number of hydrogen-bond acceptors (Lipinski definition) is 5. The largest absolute Gasteiger partial charge is 0.347 e. The predicted molar refractivity (Wildman–Crippen MR) is 60.1 cm³/mol. The number of nitrogen functional groups attached to an aromatic ring is 1. The minimum Gasteiger partial charge on any atom is -0.307 e. The molecule has 2 aromatic rings. The molecule has 0 saturated carbocycles. The molecule has 0 unspecified atom stereocenters. The summed E-state index contributed by atoms with van der Waals surface area (Å²) in [6.45, 7) is 0. The van der Waals surface area contributed by atoms with E-state index in [-0.39, 0.29) is 5.69 Å². The lowest BCUT2D eigenvalue weighted by Crippen LogP contribution is -2.16. The number of H-pyrrole nitrogens is 1. The Morgan fingerprint density at radius 3 is 3.13 bits per heavy atom. The molecule has 0 spiro atoms. The lowest BCUT2D eigenvalue weighted by atomic mass is 10.2. The first-order chi connectivity index (χ1) is 7.29. The van der Waals surface area contributed by atoms with Gasteiger partial charge in [-0.05, 0) is 24.8 Å². The highest BCUT2D eigenvalue weighted by Crippen LogP contribution is 2.37. The predicted octanol–water partition coefficient (Wildman–Crippen LogP) is 0.759. The van der Waals surface area contributed by atoms with Gasteiger partial charge in [-0.1, -0.05) is 0 Å². The van der Waals surface area contributed by atoms with Crippen molar-refractivity contribution in [2.24, 2.45) is 5.84 Å². The van der Waals surface area contributed by atoms with Gasteiger partial charge in [-0.2, -0.15) is 4.98 Å². The average molecular weight is 222 g/mol. The molecule has 2 heterocycles. The normalized spacial score (nSPS) is 14.5. The van der Waals surface area contributed by atoms with E-state index < -0.39 is 0 Å². The highest BCUT2D eigenvalue weighted by atomic mass is 32.1. The Kier molecular flexibility index (Phi) is 1.80. The number of fused-ring (bicyclic) bond motifs is 3. The van der Waals surface area contributed by atoms with Crippen molar-refractivity contribution in [1.29, 1.82) is 0 Å². The van der Waals surface area contributed by atoms with Crippen molar-refractivity contribution in [3.63, 3.8) is 0 Å². The molecular formula is C9H10N4OS. The van der Waals surface area contributed by atoms with Crippen LogP contribution < -0.4 is 17.0 Å². The summed E-state index contributed by atoms with van der Waals surface area (Å²) in [6.07, 6.45) is 3.31. The number of aromatic amines is 1. The van der Waals surface area contributed by atoms with Gasteiger partial charge >= 0.3 is 5.69 Å². The molecule has 2 aromatic heterocycles. The fourth-order valence-electron chi connectivity index (χ4n) is 2.09. The molecule has 15 heavy (non-hydrogen) atoms. The number of hydrazine groups is 1. The first kappa shape index (κ1) is 8.87. The molecule has 0 atom stereocenters. The van der Waals surface area contributed by atoms with Gasteiger partial charge in [0, 0.05) is 4.88 Å². The van der Waals surface area contributed by atoms with E-state index in [4.69, 9.17) is 5.84 Å². The quantitative estimate of drug-likeness (QED) is 0.491. The number of aryl methyl sites for hydroxylation is 2. The Morgan fingerprint density at radius 1 is 1.47 bits per heavy atom. The molecule has 1 aliphatic rings. The van der Waals surface area contributed by atoms with Crippen LogP contribution in [0.3, 0.4) is 0 Å². The molecule has 0 fully saturated rings. The fraction of sp³-hybridized carbons (Fsp3) is 0.333.